The lowest BCUT2D eigenvalue weighted by molar-refractivity contribution is 0.669. The fraction of sp³-hybridized carbons (Fsp3) is 0. The molecule has 0 aliphatic heterocycles. The van der Waals surface area contributed by atoms with Crippen molar-refractivity contribution in [1.82, 2.24) is 19.5 Å². The highest BCUT2D eigenvalue weighted by Crippen LogP contribution is 2.43. The standard InChI is InChI=1S/C57H34N4O/c1-3-15-35(16-4-1)40-29-30-45(42-22-10-9-21-41(40)42)57-59-55(36-17-5-2-6-18-36)58-56(60-57)39-27-28-44-48(32-39)54-46-24-12-14-26-52(46)62-53(54)34-51(44)61-49-25-13-11-23-43(49)47-31-37-19-7-8-20-38(37)33-50(47)61/h1-34H. The Hall–Kier alpha value is -8.41. The van der Waals surface area contributed by atoms with Gasteiger partial charge >= 0.3 is 0 Å². The van der Waals surface area contributed by atoms with Crippen molar-refractivity contribution in [2.24, 2.45) is 0 Å². The third-order valence-electron chi connectivity index (χ3n) is 12.4. The van der Waals surface area contributed by atoms with E-state index in [0.29, 0.717) is 17.5 Å². The summed E-state index contributed by atoms with van der Waals surface area (Å²) >= 11 is 0. The van der Waals surface area contributed by atoms with Crippen LogP contribution in [0.4, 0.5) is 0 Å². The normalized spacial score (nSPS) is 11.9. The summed E-state index contributed by atoms with van der Waals surface area (Å²) < 4.78 is 9.13. The van der Waals surface area contributed by atoms with Crippen molar-refractivity contribution >= 4 is 76.1 Å². The zero-order valence-corrected chi connectivity index (χ0v) is 33.3. The number of para-hydroxylation sites is 2. The van der Waals surface area contributed by atoms with Gasteiger partial charge in [-0.2, -0.15) is 0 Å². The summed E-state index contributed by atoms with van der Waals surface area (Å²) in [6.45, 7) is 0. The fourth-order valence-corrected chi connectivity index (χ4v) is 9.56. The molecule has 0 spiro atoms. The number of furan rings is 1. The molecule has 0 aliphatic carbocycles. The molecule has 0 aliphatic rings. The van der Waals surface area contributed by atoms with Gasteiger partial charge in [-0.05, 0) is 74.5 Å². The molecule has 0 bridgehead atoms. The van der Waals surface area contributed by atoms with Crippen molar-refractivity contribution in [2.75, 3.05) is 0 Å². The van der Waals surface area contributed by atoms with E-state index in [-0.39, 0.29) is 0 Å². The molecule has 10 aromatic carbocycles. The third kappa shape index (κ3) is 5.32. The summed E-state index contributed by atoms with van der Waals surface area (Å²) in [5.74, 6) is 1.84. The second kappa shape index (κ2) is 13.6. The molecule has 0 saturated carbocycles. The van der Waals surface area contributed by atoms with Crippen LogP contribution in [-0.2, 0) is 0 Å². The Morgan fingerprint density at radius 1 is 0.323 bits per heavy atom. The topological polar surface area (TPSA) is 56.7 Å². The van der Waals surface area contributed by atoms with E-state index in [2.05, 4.69) is 187 Å². The Labute approximate surface area is 355 Å². The second-order valence-corrected chi connectivity index (χ2v) is 15.9. The Kier molecular flexibility index (Phi) is 7.54. The smallest absolute Gasteiger partial charge is 0.164 e. The van der Waals surface area contributed by atoms with Crippen LogP contribution in [0.2, 0.25) is 0 Å². The number of benzene rings is 10. The van der Waals surface area contributed by atoms with E-state index >= 15 is 0 Å². The van der Waals surface area contributed by atoms with Crippen molar-refractivity contribution in [3.8, 4) is 51.0 Å². The van der Waals surface area contributed by atoms with Crippen LogP contribution in [0, 0.1) is 0 Å². The molecular weight excluding hydrogens is 757 g/mol. The summed E-state index contributed by atoms with van der Waals surface area (Å²) in [5.41, 5.74) is 10.1. The molecule has 5 nitrogen and oxygen atoms in total. The van der Waals surface area contributed by atoms with E-state index in [1.165, 1.54) is 32.7 Å². The van der Waals surface area contributed by atoms with E-state index in [1.54, 1.807) is 0 Å². The van der Waals surface area contributed by atoms with Crippen LogP contribution in [0.5, 0.6) is 0 Å². The number of aromatic nitrogens is 4. The summed E-state index contributed by atoms with van der Waals surface area (Å²) in [5, 5.41) is 11.4. The lowest BCUT2D eigenvalue weighted by atomic mass is 9.94. The van der Waals surface area contributed by atoms with Gasteiger partial charge in [-0.15, -0.1) is 0 Å². The highest BCUT2D eigenvalue weighted by molar-refractivity contribution is 6.23. The summed E-state index contributed by atoms with van der Waals surface area (Å²) in [6, 6.07) is 72.7. The van der Waals surface area contributed by atoms with Gasteiger partial charge in [0.05, 0.1) is 16.7 Å². The second-order valence-electron chi connectivity index (χ2n) is 15.9. The van der Waals surface area contributed by atoms with Crippen molar-refractivity contribution in [3.63, 3.8) is 0 Å². The summed E-state index contributed by atoms with van der Waals surface area (Å²) in [7, 11) is 0. The number of nitrogens with zero attached hydrogens (tertiary/aromatic N) is 4. The molecular formula is C57H34N4O. The van der Waals surface area contributed by atoms with Gasteiger partial charge in [-0.25, -0.2) is 15.0 Å². The van der Waals surface area contributed by atoms with Crippen LogP contribution in [0.3, 0.4) is 0 Å². The van der Waals surface area contributed by atoms with Crippen molar-refractivity contribution in [1.29, 1.82) is 0 Å². The van der Waals surface area contributed by atoms with E-state index in [4.69, 9.17) is 19.4 Å². The lowest BCUT2D eigenvalue weighted by Crippen LogP contribution is -2.01. The fourth-order valence-electron chi connectivity index (χ4n) is 9.56. The van der Waals surface area contributed by atoms with E-state index in [9.17, 15) is 0 Å². The predicted octanol–water partition coefficient (Wildman–Crippen LogP) is 15.0. The van der Waals surface area contributed by atoms with Crippen molar-refractivity contribution in [3.05, 3.63) is 206 Å². The Morgan fingerprint density at radius 2 is 0.919 bits per heavy atom. The number of hydrogen-bond acceptors (Lipinski definition) is 4. The maximum atomic E-state index is 6.72. The first-order valence-corrected chi connectivity index (χ1v) is 20.9. The Balaban J connectivity index is 1.08. The van der Waals surface area contributed by atoms with E-state index in [0.717, 1.165) is 76.9 Å². The van der Waals surface area contributed by atoms with Crippen molar-refractivity contribution in [2.45, 2.75) is 0 Å². The first-order valence-electron chi connectivity index (χ1n) is 20.9. The molecule has 0 fully saturated rings. The maximum Gasteiger partial charge on any atom is 0.164 e. The molecule has 0 amide bonds. The Bertz CT molecular complexity index is 3920. The first-order chi connectivity index (χ1) is 30.7. The number of hydrogen-bond donors (Lipinski definition) is 0. The number of rotatable bonds is 5. The summed E-state index contributed by atoms with van der Waals surface area (Å²) in [4.78, 5) is 15.7. The van der Waals surface area contributed by atoms with E-state index < -0.39 is 0 Å². The van der Waals surface area contributed by atoms with Gasteiger partial charge in [0.15, 0.2) is 17.5 Å². The quantitative estimate of drug-likeness (QED) is 0.174. The molecule has 0 N–H and O–H groups in total. The highest BCUT2D eigenvalue weighted by atomic mass is 16.3. The molecule has 5 heteroatoms. The Morgan fingerprint density at radius 3 is 1.71 bits per heavy atom. The third-order valence-corrected chi connectivity index (χ3v) is 12.4. The van der Waals surface area contributed by atoms with Gasteiger partial charge in [0.1, 0.15) is 11.2 Å². The molecule has 62 heavy (non-hydrogen) atoms. The minimum atomic E-state index is 0.599. The van der Waals surface area contributed by atoms with E-state index in [1.807, 2.05) is 24.3 Å². The SMILES string of the molecule is c1ccc(-c2nc(-c3ccc4c(-n5c6ccccc6c6cc7ccccc7cc65)cc5oc6ccccc6c5c4c3)nc(-c3ccc(-c4ccccc4)c4ccccc34)n2)cc1. The number of fused-ring (bicyclic) bond motifs is 10. The van der Waals surface area contributed by atoms with Gasteiger partial charge in [-0.1, -0.05) is 164 Å². The van der Waals surface area contributed by atoms with Gasteiger partial charge in [-0.3, -0.25) is 0 Å². The monoisotopic (exact) mass is 790 g/mol. The average Bonchev–Trinajstić information content (AvgIpc) is 3.88. The molecule has 0 unspecified atom stereocenters. The van der Waals surface area contributed by atoms with Gasteiger partial charge in [0.2, 0.25) is 0 Å². The van der Waals surface area contributed by atoms with Gasteiger partial charge in [0.25, 0.3) is 0 Å². The average molecular weight is 791 g/mol. The van der Waals surface area contributed by atoms with Crippen LogP contribution < -0.4 is 0 Å². The zero-order valence-electron chi connectivity index (χ0n) is 33.3. The molecule has 0 saturated heterocycles. The van der Waals surface area contributed by atoms with Crippen LogP contribution in [0.25, 0.3) is 127 Å². The molecule has 13 aromatic rings. The lowest BCUT2D eigenvalue weighted by Gasteiger charge is -2.15. The van der Waals surface area contributed by atoms with Crippen molar-refractivity contribution < 1.29 is 4.42 Å². The van der Waals surface area contributed by atoms with Crippen LogP contribution in [0.15, 0.2) is 211 Å². The van der Waals surface area contributed by atoms with Crippen LogP contribution >= 0.6 is 0 Å². The maximum absolute atomic E-state index is 6.72. The van der Waals surface area contributed by atoms with Gasteiger partial charge in [0, 0.05) is 49.7 Å². The molecule has 3 aromatic heterocycles. The molecule has 288 valence electrons. The predicted molar refractivity (Wildman–Crippen MR) is 256 cm³/mol. The first kappa shape index (κ1) is 34.5. The molecule has 0 atom stereocenters. The van der Waals surface area contributed by atoms with Gasteiger partial charge < -0.3 is 8.98 Å². The minimum absolute atomic E-state index is 0.599. The molecule has 0 radical (unpaired) electrons. The van der Waals surface area contributed by atoms with Crippen LogP contribution in [0.1, 0.15) is 0 Å². The molecule has 3 heterocycles. The largest absolute Gasteiger partial charge is 0.456 e. The zero-order chi connectivity index (χ0) is 40.7. The van der Waals surface area contributed by atoms with Crippen LogP contribution in [-0.4, -0.2) is 19.5 Å². The molecule has 13 rings (SSSR count). The summed E-state index contributed by atoms with van der Waals surface area (Å²) in [6.07, 6.45) is 0. The highest BCUT2D eigenvalue weighted by Gasteiger charge is 2.22. The minimum Gasteiger partial charge on any atom is -0.456 e.